The summed E-state index contributed by atoms with van der Waals surface area (Å²) >= 11 is 3.43. The Kier molecular flexibility index (Phi) is 3.55. The third-order valence-corrected chi connectivity index (χ3v) is 3.46. The van der Waals surface area contributed by atoms with Crippen molar-refractivity contribution in [1.29, 1.82) is 0 Å². The first-order valence-corrected chi connectivity index (χ1v) is 6.52. The highest BCUT2D eigenvalue weighted by atomic mass is 79.9. The van der Waals surface area contributed by atoms with Crippen molar-refractivity contribution in [1.82, 2.24) is 0 Å². The van der Waals surface area contributed by atoms with Gasteiger partial charge in [0.05, 0.1) is 11.7 Å². The molecule has 0 aliphatic carbocycles. The molecular formula is C13H18BrNO. The number of anilines is 1. The van der Waals surface area contributed by atoms with Crippen LogP contribution in [0.15, 0.2) is 28.7 Å². The number of benzene rings is 1. The van der Waals surface area contributed by atoms with Gasteiger partial charge in [0.25, 0.3) is 0 Å². The summed E-state index contributed by atoms with van der Waals surface area (Å²) in [5, 5.41) is 3.41. The smallest absolute Gasteiger partial charge is 0.0755 e. The second kappa shape index (κ2) is 4.76. The van der Waals surface area contributed by atoms with Crippen molar-refractivity contribution in [3.05, 3.63) is 28.7 Å². The molecule has 1 aromatic carbocycles. The highest BCUT2D eigenvalue weighted by molar-refractivity contribution is 9.10. The largest absolute Gasteiger partial charge is 0.382 e. The number of rotatable bonds is 3. The van der Waals surface area contributed by atoms with Crippen molar-refractivity contribution < 1.29 is 4.74 Å². The number of hydrogen-bond donors (Lipinski definition) is 1. The van der Waals surface area contributed by atoms with Crippen molar-refractivity contribution >= 4 is 21.6 Å². The molecule has 2 nitrogen and oxygen atoms in total. The zero-order valence-corrected chi connectivity index (χ0v) is 11.4. The van der Waals surface area contributed by atoms with Gasteiger partial charge >= 0.3 is 0 Å². The fourth-order valence-electron chi connectivity index (χ4n) is 2.02. The highest BCUT2D eigenvalue weighted by Gasteiger charge is 2.31. The summed E-state index contributed by atoms with van der Waals surface area (Å²) in [5.74, 6) is 0. The van der Waals surface area contributed by atoms with E-state index in [-0.39, 0.29) is 5.60 Å². The zero-order chi connectivity index (χ0) is 11.6. The highest BCUT2D eigenvalue weighted by Crippen LogP contribution is 2.29. The van der Waals surface area contributed by atoms with E-state index in [1.165, 1.54) is 0 Å². The standard InChI is InChI=1S/C13H18BrNO/c1-13(2)8-7-12(16-13)9-15-11-5-3-10(14)4-6-11/h3-6,12,15H,7-9H2,1-2H3. The van der Waals surface area contributed by atoms with Crippen LogP contribution in [0.5, 0.6) is 0 Å². The molecule has 2 rings (SSSR count). The molecule has 0 aromatic heterocycles. The molecule has 0 radical (unpaired) electrons. The third-order valence-electron chi connectivity index (χ3n) is 2.93. The lowest BCUT2D eigenvalue weighted by atomic mass is 10.1. The Morgan fingerprint density at radius 2 is 2.06 bits per heavy atom. The van der Waals surface area contributed by atoms with Crippen LogP contribution < -0.4 is 5.32 Å². The van der Waals surface area contributed by atoms with Crippen LogP contribution in [0, 0.1) is 0 Å². The summed E-state index contributed by atoms with van der Waals surface area (Å²) in [6.07, 6.45) is 2.65. The maximum absolute atomic E-state index is 5.92. The SMILES string of the molecule is CC1(C)CCC(CNc2ccc(Br)cc2)O1. The first kappa shape index (κ1) is 11.9. The Hall–Kier alpha value is -0.540. The Morgan fingerprint density at radius 1 is 1.38 bits per heavy atom. The minimum absolute atomic E-state index is 0.0616. The lowest BCUT2D eigenvalue weighted by Crippen LogP contribution is -2.24. The monoisotopic (exact) mass is 283 g/mol. The molecule has 1 fully saturated rings. The summed E-state index contributed by atoms with van der Waals surface area (Å²) in [6, 6.07) is 8.23. The Balaban J connectivity index is 1.82. The van der Waals surface area contributed by atoms with Crippen LogP contribution in [-0.4, -0.2) is 18.2 Å². The van der Waals surface area contributed by atoms with Gasteiger partial charge in [-0.05, 0) is 51.0 Å². The Bertz CT molecular complexity index is 347. The third kappa shape index (κ3) is 3.22. The summed E-state index contributed by atoms with van der Waals surface area (Å²) in [5.41, 5.74) is 1.21. The minimum Gasteiger partial charge on any atom is -0.382 e. The van der Waals surface area contributed by atoms with Gasteiger partial charge in [-0.2, -0.15) is 0 Å². The second-order valence-electron chi connectivity index (χ2n) is 4.93. The first-order chi connectivity index (χ1) is 7.55. The second-order valence-corrected chi connectivity index (χ2v) is 5.84. The molecule has 1 atom stereocenters. The van der Waals surface area contributed by atoms with Crippen LogP contribution in [0.3, 0.4) is 0 Å². The van der Waals surface area contributed by atoms with Gasteiger partial charge in [-0.25, -0.2) is 0 Å². The molecule has 3 heteroatoms. The summed E-state index contributed by atoms with van der Waals surface area (Å²) in [4.78, 5) is 0. The van der Waals surface area contributed by atoms with Gasteiger partial charge in [-0.15, -0.1) is 0 Å². The van der Waals surface area contributed by atoms with E-state index >= 15 is 0 Å². The molecule has 0 bridgehead atoms. The predicted molar refractivity (Wildman–Crippen MR) is 70.8 cm³/mol. The summed E-state index contributed by atoms with van der Waals surface area (Å²) in [7, 11) is 0. The molecule has 0 amide bonds. The molecule has 1 saturated heterocycles. The van der Waals surface area contributed by atoms with E-state index in [1.807, 2.05) is 12.1 Å². The van der Waals surface area contributed by atoms with Crippen molar-refractivity contribution in [3.63, 3.8) is 0 Å². The Labute approximate surface area is 106 Å². The Morgan fingerprint density at radius 3 is 2.62 bits per heavy atom. The normalized spacial score (nSPS) is 23.3. The van der Waals surface area contributed by atoms with Crippen LogP contribution in [0.4, 0.5) is 5.69 Å². The van der Waals surface area contributed by atoms with Crippen molar-refractivity contribution in [2.24, 2.45) is 0 Å². The van der Waals surface area contributed by atoms with E-state index < -0.39 is 0 Å². The molecule has 1 heterocycles. The molecule has 16 heavy (non-hydrogen) atoms. The van der Waals surface area contributed by atoms with Gasteiger partial charge in [0.1, 0.15) is 0 Å². The lowest BCUT2D eigenvalue weighted by Gasteiger charge is -2.19. The van der Waals surface area contributed by atoms with Gasteiger partial charge in [0.2, 0.25) is 0 Å². The molecule has 1 aromatic rings. The van der Waals surface area contributed by atoms with E-state index in [0.29, 0.717) is 6.10 Å². The van der Waals surface area contributed by atoms with Crippen LogP contribution in [0.1, 0.15) is 26.7 Å². The van der Waals surface area contributed by atoms with E-state index in [0.717, 1.165) is 29.5 Å². The average molecular weight is 284 g/mol. The molecular weight excluding hydrogens is 266 g/mol. The maximum atomic E-state index is 5.92. The van der Waals surface area contributed by atoms with Crippen molar-refractivity contribution in [2.75, 3.05) is 11.9 Å². The van der Waals surface area contributed by atoms with E-state index in [2.05, 4.69) is 47.2 Å². The predicted octanol–water partition coefficient (Wildman–Crippen LogP) is 3.82. The number of ether oxygens (including phenoxy) is 1. The van der Waals surface area contributed by atoms with Gasteiger partial charge in [-0.3, -0.25) is 0 Å². The van der Waals surface area contributed by atoms with Crippen LogP contribution in [-0.2, 0) is 4.74 Å². The average Bonchev–Trinajstić information content (AvgIpc) is 2.58. The quantitative estimate of drug-likeness (QED) is 0.911. The van der Waals surface area contributed by atoms with E-state index in [4.69, 9.17) is 4.74 Å². The fourth-order valence-corrected chi connectivity index (χ4v) is 2.29. The molecule has 88 valence electrons. The number of halogens is 1. The number of hydrogen-bond acceptors (Lipinski definition) is 2. The van der Waals surface area contributed by atoms with Crippen molar-refractivity contribution in [2.45, 2.75) is 38.4 Å². The van der Waals surface area contributed by atoms with Crippen LogP contribution in [0.25, 0.3) is 0 Å². The van der Waals surface area contributed by atoms with Gasteiger partial charge in [0.15, 0.2) is 0 Å². The van der Waals surface area contributed by atoms with Gasteiger partial charge < -0.3 is 10.1 Å². The lowest BCUT2D eigenvalue weighted by molar-refractivity contribution is -0.00910. The molecule has 0 spiro atoms. The summed E-state index contributed by atoms with van der Waals surface area (Å²) < 4.78 is 7.03. The maximum Gasteiger partial charge on any atom is 0.0755 e. The molecule has 1 N–H and O–H groups in total. The molecule has 1 aliphatic rings. The van der Waals surface area contributed by atoms with Crippen LogP contribution >= 0.6 is 15.9 Å². The van der Waals surface area contributed by atoms with E-state index in [9.17, 15) is 0 Å². The van der Waals surface area contributed by atoms with Gasteiger partial charge in [-0.1, -0.05) is 15.9 Å². The van der Waals surface area contributed by atoms with Crippen molar-refractivity contribution in [3.8, 4) is 0 Å². The number of nitrogens with one attached hydrogen (secondary N) is 1. The van der Waals surface area contributed by atoms with Crippen LogP contribution in [0.2, 0.25) is 0 Å². The zero-order valence-electron chi connectivity index (χ0n) is 9.79. The summed E-state index contributed by atoms with van der Waals surface area (Å²) in [6.45, 7) is 5.21. The first-order valence-electron chi connectivity index (χ1n) is 5.72. The molecule has 1 aliphatic heterocycles. The molecule has 0 saturated carbocycles. The van der Waals surface area contributed by atoms with Gasteiger partial charge in [0, 0.05) is 16.7 Å². The fraction of sp³-hybridized carbons (Fsp3) is 0.538. The van der Waals surface area contributed by atoms with E-state index in [1.54, 1.807) is 0 Å². The topological polar surface area (TPSA) is 21.3 Å². The molecule has 1 unspecified atom stereocenters. The minimum atomic E-state index is 0.0616.